The zero-order valence-electron chi connectivity index (χ0n) is 17.5. The summed E-state index contributed by atoms with van der Waals surface area (Å²) in [6, 6.07) is 9.85. The molecule has 0 aromatic heterocycles. The van der Waals surface area contributed by atoms with Crippen molar-refractivity contribution < 1.29 is 37.9 Å². The molecule has 9 heteroatoms. The van der Waals surface area contributed by atoms with Crippen molar-refractivity contribution in [2.45, 2.75) is 39.0 Å². The third kappa shape index (κ3) is 7.76. The third-order valence-electron chi connectivity index (χ3n) is 4.59. The Kier molecular flexibility index (Phi) is 9.14. The fourth-order valence-corrected chi connectivity index (χ4v) is 2.85. The van der Waals surface area contributed by atoms with Gasteiger partial charge in [-0.2, -0.15) is 13.2 Å². The van der Waals surface area contributed by atoms with Gasteiger partial charge < -0.3 is 25.2 Å². The van der Waals surface area contributed by atoms with Crippen LogP contribution in [0.5, 0.6) is 11.5 Å². The molecule has 4 N–H and O–H groups in total. The number of carbonyl (C=O) groups is 1. The zero-order chi connectivity index (χ0) is 22.9. The molecule has 0 aliphatic carbocycles. The van der Waals surface area contributed by atoms with Gasteiger partial charge in [0.15, 0.2) is 18.1 Å². The molecule has 0 saturated carbocycles. The lowest BCUT2D eigenvalue weighted by Crippen LogP contribution is -2.89. The first kappa shape index (κ1) is 24.5. The number of hydrogen-bond donors (Lipinski definition) is 3. The maximum absolute atomic E-state index is 12.8. The van der Waals surface area contributed by atoms with E-state index in [0.29, 0.717) is 24.7 Å². The van der Waals surface area contributed by atoms with Gasteiger partial charge in [-0.25, -0.2) is 0 Å². The van der Waals surface area contributed by atoms with E-state index in [0.717, 1.165) is 24.1 Å². The molecule has 170 valence electrons. The number of nitrogens with two attached hydrogens (primary N) is 1. The normalized spacial score (nSPS) is 12.3. The standard InChI is InChI=1S/C22H27F3N2O4/c1-3-17(13-28)26-12-15-8-9-19(20(10-15)30-4-2)31-14-21(29)27-18-7-5-6-16(11-18)22(23,24)25/h5-11,17,26,28H,3-4,12-14H2,1-2H3,(H,27,29)/p+1/t17-/m1/s1. The van der Waals surface area contributed by atoms with E-state index in [2.05, 4.69) is 5.32 Å². The largest absolute Gasteiger partial charge is 0.490 e. The minimum atomic E-state index is -4.49. The number of rotatable bonds is 11. The lowest BCUT2D eigenvalue weighted by Gasteiger charge is -2.15. The molecule has 1 atom stereocenters. The van der Waals surface area contributed by atoms with Crippen molar-refractivity contribution in [3.05, 3.63) is 53.6 Å². The second kappa shape index (κ2) is 11.6. The number of nitrogens with one attached hydrogen (secondary N) is 1. The number of hydrogen-bond acceptors (Lipinski definition) is 4. The molecule has 6 nitrogen and oxygen atoms in total. The lowest BCUT2D eigenvalue weighted by atomic mass is 10.1. The first-order valence-corrected chi connectivity index (χ1v) is 10.1. The molecule has 2 aromatic rings. The van der Waals surface area contributed by atoms with E-state index in [9.17, 15) is 23.1 Å². The Morgan fingerprint density at radius 3 is 2.55 bits per heavy atom. The van der Waals surface area contributed by atoms with E-state index >= 15 is 0 Å². The number of benzene rings is 2. The van der Waals surface area contributed by atoms with Gasteiger partial charge in [-0.05, 0) is 49.7 Å². The highest BCUT2D eigenvalue weighted by molar-refractivity contribution is 5.92. The minimum Gasteiger partial charge on any atom is -0.490 e. The summed E-state index contributed by atoms with van der Waals surface area (Å²) in [4.78, 5) is 12.1. The maximum Gasteiger partial charge on any atom is 0.416 e. The maximum atomic E-state index is 12.8. The van der Waals surface area contributed by atoms with Crippen molar-refractivity contribution in [2.75, 3.05) is 25.1 Å². The van der Waals surface area contributed by atoms with Crippen LogP contribution in [0.4, 0.5) is 18.9 Å². The lowest BCUT2D eigenvalue weighted by molar-refractivity contribution is -0.706. The van der Waals surface area contributed by atoms with Gasteiger partial charge in [0, 0.05) is 11.3 Å². The van der Waals surface area contributed by atoms with E-state index in [1.807, 2.05) is 31.3 Å². The highest BCUT2D eigenvalue weighted by Crippen LogP contribution is 2.31. The summed E-state index contributed by atoms with van der Waals surface area (Å²) in [5, 5.41) is 13.7. The minimum absolute atomic E-state index is 0.0358. The van der Waals surface area contributed by atoms with Gasteiger partial charge in [0.1, 0.15) is 12.6 Å². The summed E-state index contributed by atoms with van der Waals surface area (Å²) in [6.45, 7) is 4.58. The average Bonchev–Trinajstić information content (AvgIpc) is 2.73. The van der Waals surface area contributed by atoms with Gasteiger partial charge in [-0.15, -0.1) is 0 Å². The van der Waals surface area contributed by atoms with Crippen molar-refractivity contribution >= 4 is 11.6 Å². The molecule has 1 amide bonds. The van der Waals surface area contributed by atoms with Gasteiger partial charge in [0.2, 0.25) is 0 Å². The van der Waals surface area contributed by atoms with E-state index in [4.69, 9.17) is 9.47 Å². The number of halogens is 3. The molecule has 0 fully saturated rings. The van der Waals surface area contributed by atoms with Gasteiger partial charge in [0.25, 0.3) is 5.91 Å². The van der Waals surface area contributed by atoms with E-state index in [-0.39, 0.29) is 24.9 Å². The summed E-state index contributed by atoms with van der Waals surface area (Å²) in [5.41, 5.74) is 0.161. The number of aliphatic hydroxyl groups is 1. The number of aliphatic hydroxyl groups excluding tert-OH is 1. The number of anilines is 1. The molecule has 0 heterocycles. The Hall–Kier alpha value is -2.78. The van der Waals surface area contributed by atoms with Crippen molar-refractivity contribution in [1.29, 1.82) is 0 Å². The first-order valence-electron chi connectivity index (χ1n) is 10.1. The van der Waals surface area contributed by atoms with Crippen LogP contribution in [0.3, 0.4) is 0 Å². The van der Waals surface area contributed by atoms with Gasteiger partial charge in [-0.3, -0.25) is 4.79 Å². The van der Waals surface area contributed by atoms with Crippen LogP contribution in [-0.4, -0.2) is 36.9 Å². The fourth-order valence-electron chi connectivity index (χ4n) is 2.85. The number of carbonyl (C=O) groups excluding carboxylic acids is 1. The molecule has 0 aliphatic rings. The molecule has 0 radical (unpaired) electrons. The Labute approximate surface area is 179 Å². The molecular weight excluding hydrogens is 413 g/mol. The van der Waals surface area contributed by atoms with Crippen molar-refractivity contribution in [3.63, 3.8) is 0 Å². The molecule has 0 unspecified atom stereocenters. The average molecular weight is 441 g/mol. The summed E-state index contributed by atoms with van der Waals surface area (Å²) >= 11 is 0. The van der Waals surface area contributed by atoms with Crippen molar-refractivity contribution in [2.24, 2.45) is 0 Å². The molecule has 0 aliphatic heterocycles. The van der Waals surface area contributed by atoms with Crippen LogP contribution in [0, 0.1) is 0 Å². The quantitative estimate of drug-likeness (QED) is 0.501. The Morgan fingerprint density at radius 1 is 1.13 bits per heavy atom. The van der Waals surface area contributed by atoms with Gasteiger partial charge in [-0.1, -0.05) is 13.0 Å². The molecule has 2 aromatic carbocycles. The molecule has 2 rings (SSSR count). The molecule has 31 heavy (non-hydrogen) atoms. The predicted octanol–water partition coefficient (Wildman–Crippen LogP) is 2.96. The first-order chi connectivity index (χ1) is 14.8. The van der Waals surface area contributed by atoms with E-state index in [1.165, 1.54) is 12.1 Å². The Balaban J connectivity index is 1.99. The summed E-state index contributed by atoms with van der Waals surface area (Å²) in [6.07, 6.45) is -3.64. The fraction of sp³-hybridized carbons (Fsp3) is 0.409. The Bertz CT molecular complexity index is 855. The van der Waals surface area contributed by atoms with Crippen LogP contribution in [0.15, 0.2) is 42.5 Å². The number of quaternary nitrogens is 1. The second-order valence-electron chi connectivity index (χ2n) is 6.92. The van der Waals surface area contributed by atoms with Crippen LogP contribution in [0.2, 0.25) is 0 Å². The number of ether oxygens (including phenoxy) is 2. The van der Waals surface area contributed by atoms with Crippen LogP contribution < -0.4 is 20.1 Å². The highest BCUT2D eigenvalue weighted by Gasteiger charge is 2.30. The zero-order valence-corrected chi connectivity index (χ0v) is 17.5. The topological polar surface area (TPSA) is 84.4 Å². The van der Waals surface area contributed by atoms with Gasteiger partial charge >= 0.3 is 6.18 Å². The van der Waals surface area contributed by atoms with Crippen LogP contribution >= 0.6 is 0 Å². The summed E-state index contributed by atoms with van der Waals surface area (Å²) in [7, 11) is 0. The molecule has 0 bridgehead atoms. The molecular formula is C22H28F3N2O4+. The van der Waals surface area contributed by atoms with E-state index < -0.39 is 17.6 Å². The van der Waals surface area contributed by atoms with Crippen LogP contribution in [-0.2, 0) is 17.5 Å². The highest BCUT2D eigenvalue weighted by atomic mass is 19.4. The third-order valence-corrected chi connectivity index (χ3v) is 4.59. The van der Waals surface area contributed by atoms with Crippen LogP contribution in [0.25, 0.3) is 0 Å². The van der Waals surface area contributed by atoms with Crippen molar-refractivity contribution in [1.82, 2.24) is 0 Å². The summed E-state index contributed by atoms with van der Waals surface area (Å²) < 4.78 is 49.5. The van der Waals surface area contributed by atoms with E-state index in [1.54, 1.807) is 6.07 Å². The summed E-state index contributed by atoms with van der Waals surface area (Å²) in [5.74, 6) is 0.240. The van der Waals surface area contributed by atoms with Crippen molar-refractivity contribution in [3.8, 4) is 11.5 Å². The predicted molar refractivity (Wildman–Crippen MR) is 110 cm³/mol. The van der Waals surface area contributed by atoms with Crippen LogP contribution in [0.1, 0.15) is 31.4 Å². The molecule has 0 spiro atoms. The number of amides is 1. The second-order valence-corrected chi connectivity index (χ2v) is 6.92. The Morgan fingerprint density at radius 2 is 1.90 bits per heavy atom. The smallest absolute Gasteiger partial charge is 0.416 e. The number of alkyl halides is 3. The SMILES string of the molecule is CCOc1cc(C[NH2+][C@H](CC)CO)ccc1OCC(=O)Nc1cccc(C(F)(F)F)c1. The van der Waals surface area contributed by atoms with Gasteiger partial charge in [0.05, 0.1) is 18.8 Å². The molecule has 0 saturated heterocycles. The monoisotopic (exact) mass is 441 g/mol.